The molecule has 0 bridgehead atoms. The zero-order valence-corrected chi connectivity index (χ0v) is 13.1. The predicted molar refractivity (Wildman–Crippen MR) is 81.8 cm³/mol. The molecule has 0 aromatic heterocycles. The number of nitrogens with zero attached hydrogens (tertiary/aromatic N) is 2. The largest absolute Gasteiger partial charge is 0.444 e. The van der Waals surface area contributed by atoms with Crippen molar-refractivity contribution >= 4 is 18.1 Å². The number of anilines is 1. The van der Waals surface area contributed by atoms with Crippen molar-refractivity contribution in [2.45, 2.75) is 26.4 Å². The Hall–Kier alpha value is -2.11. The Morgan fingerprint density at radius 3 is 2.41 bits per heavy atom. The molecule has 0 N–H and O–H groups in total. The van der Waals surface area contributed by atoms with Crippen LogP contribution in [-0.2, 0) is 4.74 Å². The lowest BCUT2D eigenvalue weighted by atomic mass is 10.1. The van der Waals surface area contributed by atoms with Crippen LogP contribution in [-0.4, -0.2) is 49.1 Å². The Kier molecular flexibility index (Phi) is 4.68. The minimum Gasteiger partial charge on any atom is -0.444 e. The van der Waals surface area contributed by atoms with Crippen molar-refractivity contribution in [1.82, 2.24) is 4.90 Å². The summed E-state index contributed by atoms with van der Waals surface area (Å²) < 4.78 is 18.7. The van der Waals surface area contributed by atoms with Gasteiger partial charge in [0, 0.05) is 31.9 Å². The molecule has 1 aliphatic heterocycles. The molecule has 1 fully saturated rings. The van der Waals surface area contributed by atoms with E-state index in [1.165, 1.54) is 12.1 Å². The summed E-state index contributed by atoms with van der Waals surface area (Å²) >= 11 is 0. The summed E-state index contributed by atoms with van der Waals surface area (Å²) in [7, 11) is 0. The first-order valence-corrected chi connectivity index (χ1v) is 7.28. The Labute approximate surface area is 129 Å². The van der Waals surface area contributed by atoms with Crippen molar-refractivity contribution < 1.29 is 18.7 Å². The number of halogens is 1. The van der Waals surface area contributed by atoms with Gasteiger partial charge in [-0.05, 0) is 39.0 Å². The van der Waals surface area contributed by atoms with E-state index in [1.54, 1.807) is 11.0 Å². The molecule has 0 aliphatic carbocycles. The third-order valence-corrected chi connectivity index (χ3v) is 3.40. The first kappa shape index (κ1) is 16.3. The number of carbonyl (C=O) groups is 2. The topological polar surface area (TPSA) is 49.9 Å². The number of carbonyl (C=O) groups excluding carboxylic acids is 2. The smallest absolute Gasteiger partial charge is 0.410 e. The minimum atomic E-state index is -0.522. The van der Waals surface area contributed by atoms with Gasteiger partial charge >= 0.3 is 6.09 Å². The highest BCUT2D eigenvalue weighted by atomic mass is 19.1. The lowest BCUT2D eigenvalue weighted by Crippen LogP contribution is -2.50. The lowest BCUT2D eigenvalue weighted by Gasteiger charge is -2.36. The van der Waals surface area contributed by atoms with Crippen LogP contribution in [0.2, 0.25) is 0 Å². The Morgan fingerprint density at radius 2 is 1.86 bits per heavy atom. The van der Waals surface area contributed by atoms with E-state index in [1.807, 2.05) is 25.7 Å². The summed E-state index contributed by atoms with van der Waals surface area (Å²) in [5.41, 5.74) is 0.323. The van der Waals surface area contributed by atoms with Crippen molar-refractivity contribution in [3.63, 3.8) is 0 Å². The molecule has 5 nitrogen and oxygen atoms in total. The maximum Gasteiger partial charge on any atom is 0.410 e. The fraction of sp³-hybridized carbons (Fsp3) is 0.500. The fourth-order valence-electron chi connectivity index (χ4n) is 2.29. The predicted octanol–water partition coefficient (Wildman–Crippen LogP) is 2.70. The molecule has 1 heterocycles. The van der Waals surface area contributed by atoms with E-state index < -0.39 is 11.4 Å². The first-order valence-electron chi connectivity index (χ1n) is 7.28. The molecule has 0 saturated carbocycles. The number of aldehydes is 1. The molecule has 2 rings (SSSR count). The van der Waals surface area contributed by atoms with Gasteiger partial charge in [0.2, 0.25) is 0 Å². The van der Waals surface area contributed by atoms with Crippen molar-refractivity contribution in [2.75, 3.05) is 31.1 Å². The van der Waals surface area contributed by atoms with Gasteiger partial charge in [0.25, 0.3) is 0 Å². The average Bonchev–Trinajstić information content (AvgIpc) is 2.46. The fourth-order valence-corrected chi connectivity index (χ4v) is 2.29. The zero-order valence-electron chi connectivity index (χ0n) is 13.1. The molecule has 0 radical (unpaired) electrons. The number of rotatable bonds is 2. The minimum absolute atomic E-state index is 0.0482. The molecule has 1 aliphatic rings. The number of amides is 1. The third-order valence-electron chi connectivity index (χ3n) is 3.40. The van der Waals surface area contributed by atoms with Crippen LogP contribution in [0.4, 0.5) is 14.9 Å². The summed E-state index contributed by atoms with van der Waals surface area (Å²) in [5.74, 6) is -0.522. The van der Waals surface area contributed by atoms with Gasteiger partial charge in [0.15, 0.2) is 6.29 Å². The maximum atomic E-state index is 13.3. The van der Waals surface area contributed by atoms with Crippen LogP contribution in [0.15, 0.2) is 18.2 Å². The van der Waals surface area contributed by atoms with E-state index >= 15 is 0 Å². The molecule has 1 saturated heterocycles. The molecule has 1 amide bonds. The second-order valence-electron chi connectivity index (χ2n) is 6.28. The quantitative estimate of drug-likeness (QED) is 0.788. The van der Waals surface area contributed by atoms with Crippen molar-refractivity contribution in [3.8, 4) is 0 Å². The van der Waals surface area contributed by atoms with E-state index in [9.17, 15) is 14.0 Å². The second kappa shape index (κ2) is 6.34. The molecule has 1 aromatic carbocycles. The van der Waals surface area contributed by atoms with E-state index in [4.69, 9.17) is 4.74 Å². The lowest BCUT2D eigenvalue weighted by molar-refractivity contribution is 0.0240. The van der Waals surface area contributed by atoms with Gasteiger partial charge in [-0.1, -0.05) is 0 Å². The summed E-state index contributed by atoms with van der Waals surface area (Å²) in [6.07, 6.45) is 0.190. The summed E-state index contributed by atoms with van der Waals surface area (Å²) in [5, 5.41) is 0. The highest BCUT2D eigenvalue weighted by molar-refractivity contribution is 5.77. The average molecular weight is 308 g/mol. The van der Waals surface area contributed by atoms with Crippen LogP contribution in [0.25, 0.3) is 0 Å². The summed E-state index contributed by atoms with van der Waals surface area (Å²) in [6.45, 7) is 7.79. The van der Waals surface area contributed by atoms with Gasteiger partial charge in [0.05, 0.1) is 5.56 Å². The molecule has 0 spiro atoms. The van der Waals surface area contributed by atoms with Gasteiger partial charge < -0.3 is 14.5 Å². The molecule has 0 unspecified atom stereocenters. The van der Waals surface area contributed by atoms with E-state index in [0.29, 0.717) is 32.5 Å². The standard InChI is InChI=1S/C16H21FN2O3/c1-16(2,3)22-15(21)19-8-6-18(7-9-19)13-4-5-14(17)12(10-13)11-20/h4-5,10-11H,6-9H2,1-3H3. The monoisotopic (exact) mass is 308 g/mol. The van der Waals surface area contributed by atoms with Gasteiger partial charge in [-0.2, -0.15) is 0 Å². The maximum absolute atomic E-state index is 13.3. The molecule has 0 atom stereocenters. The SMILES string of the molecule is CC(C)(C)OC(=O)N1CCN(c2ccc(F)c(C=O)c2)CC1. The van der Waals surface area contributed by atoms with Gasteiger partial charge in [-0.25, -0.2) is 9.18 Å². The Morgan fingerprint density at radius 1 is 1.23 bits per heavy atom. The van der Waals surface area contributed by atoms with Crippen molar-refractivity contribution in [2.24, 2.45) is 0 Å². The third kappa shape index (κ3) is 3.96. The molecule has 1 aromatic rings. The summed E-state index contributed by atoms with van der Waals surface area (Å²) in [6, 6.07) is 4.47. The van der Waals surface area contributed by atoms with Crippen LogP contribution >= 0.6 is 0 Å². The highest BCUT2D eigenvalue weighted by Crippen LogP contribution is 2.20. The van der Waals surface area contributed by atoms with Crippen molar-refractivity contribution in [3.05, 3.63) is 29.6 Å². The van der Waals surface area contributed by atoms with Gasteiger partial charge in [0.1, 0.15) is 11.4 Å². The van der Waals surface area contributed by atoms with Crippen LogP contribution in [0, 0.1) is 5.82 Å². The molecule has 120 valence electrons. The Bertz CT molecular complexity index is 561. The van der Waals surface area contributed by atoms with Crippen molar-refractivity contribution in [1.29, 1.82) is 0 Å². The normalized spacial score (nSPS) is 15.6. The number of hydrogen-bond donors (Lipinski definition) is 0. The molecule has 22 heavy (non-hydrogen) atoms. The molecule has 6 heteroatoms. The number of ether oxygens (including phenoxy) is 1. The van der Waals surface area contributed by atoms with E-state index in [2.05, 4.69) is 0 Å². The van der Waals surface area contributed by atoms with Gasteiger partial charge in [-0.15, -0.1) is 0 Å². The van der Waals surface area contributed by atoms with E-state index in [0.717, 1.165) is 5.69 Å². The Balaban J connectivity index is 1.97. The first-order chi connectivity index (χ1) is 10.3. The van der Waals surface area contributed by atoms with Crippen LogP contribution in [0.3, 0.4) is 0 Å². The van der Waals surface area contributed by atoms with Crippen LogP contribution < -0.4 is 4.90 Å². The second-order valence-corrected chi connectivity index (χ2v) is 6.28. The zero-order chi connectivity index (χ0) is 16.3. The highest BCUT2D eigenvalue weighted by Gasteiger charge is 2.26. The van der Waals surface area contributed by atoms with Gasteiger partial charge in [-0.3, -0.25) is 4.79 Å². The van der Waals surface area contributed by atoms with E-state index in [-0.39, 0.29) is 11.7 Å². The van der Waals surface area contributed by atoms with Crippen LogP contribution in [0.5, 0.6) is 0 Å². The summed E-state index contributed by atoms with van der Waals surface area (Å²) in [4.78, 5) is 26.5. The van der Waals surface area contributed by atoms with Crippen LogP contribution in [0.1, 0.15) is 31.1 Å². The molecular formula is C16H21FN2O3. The molecular weight excluding hydrogens is 287 g/mol. The number of piperazine rings is 1. The number of hydrogen-bond acceptors (Lipinski definition) is 4. The number of benzene rings is 1.